The van der Waals surface area contributed by atoms with Crippen molar-refractivity contribution in [3.05, 3.63) is 50.5 Å². The Bertz CT molecular complexity index is 1200. The van der Waals surface area contributed by atoms with Crippen LogP contribution in [0.4, 0.5) is 0 Å². The number of hydrogen-bond donors (Lipinski definition) is 1. The Hall–Kier alpha value is -1.74. The number of nitrogens with one attached hydrogen (secondary N) is 1. The summed E-state index contributed by atoms with van der Waals surface area (Å²) < 4.78 is 5.81. The molecule has 0 amide bonds. The van der Waals surface area contributed by atoms with E-state index in [0.717, 1.165) is 27.3 Å². The number of hydrogen-bond acceptors (Lipinski definition) is 7. The summed E-state index contributed by atoms with van der Waals surface area (Å²) in [6, 6.07) is 6.73. The number of rotatable bonds is 6. The average Bonchev–Trinajstić information content (AvgIpc) is 2.99. The smallest absolute Gasteiger partial charge is 0.216 e. The second-order valence-electron chi connectivity index (χ2n) is 7.99. The van der Waals surface area contributed by atoms with E-state index in [4.69, 9.17) is 0 Å². The lowest BCUT2D eigenvalue weighted by molar-refractivity contribution is 0.701. The Morgan fingerprint density at radius 1 is 1.14 bits per heavy atom. The second-order valence-corrected chi connectivity index (χ2v) is 11.3. The first kappa shape index (κ1) is 19.2. The van der Waals surface area contributed by atoms with Crippen LogP contribution in [0.3, 0.4) is 0 Å². The molecule has 5 nitrogen and oxygen atoms in total. The van der Waals surface area contributed by atoms with Gasteiger partial charge in [-0.25, -0.2) is 4.98 Å². The van der Waals surface area contributed by atoms with Gasteiger partial charge in [0.15, 0.2) is 0 Å². The van der Waals surface area contributed by atoms with Crippen molar-refractivity contribution in [2.24, 2.45) is 0 Å². The van der Waals surface area contributed by atoms with Gasteiger partial charge in [0, 0.05) is 33.3 Å². The zero-order valence-corrected chi connectivity index (χ0v) is 19.4. The number of fused-ring (bicyclic) bond motifs is 1. The van der Waals surface area contributed by atoms with Gasteiger partial charge in [-0.2, -0.15) is 0 Å². The van der Waals surface area contributed by atoms with Crippen molar-refractivity contribution in [1.29, 1.82) is 0 Å². The standard InChI is InChI=1S/C21H23N5S3/c1-12-19(27-13(2)22-12)9-15-11-26(20-24-23-14(3)28-20)18-10-16(5-6-17(15)18)29-25-21(4)7-8-21/h5-6,10-11,25H,7-9H2,1-4H3. The molecule has 0 atom stereocenters. The lowest BCUT2D eigenvalue weighted by atomic mass is 10.1. The molecule has 3 heterocycles. The summed E-state index contributed by atoms with van der Waals surface area (Å²) in [5, 5.41) is 12.9. The van der Waals surface area contributed by atoms with Crippen molar-refractivity contribution in [3.8, 4) is 5.13 Å². The molecule has 0 aliphatic heterocycles. The fourth-order valence-electron chi connectivity index (χ4n) is 3.41. The van der Waals surface area contributed by atoms with Gasteiger partial charge in [-0.3, -0.25) is 9.29 Å². The summed E-state index contributed by atoms with van der Waals surface area (Å²) in [6.07, 6.45) is 5.62. The van der Waals surface area contributed by atoms with Crippen LogP contribution in [-0.2, 0) is 6.42 Å². The Kier molecular flexibility index (Phi) is 4.77. The van der Waals surface area contributed by atoms with Crippen molar-refractivity contribution < 1.29 is 0 Å². The van der Waals surface area contributed by atoms with Crippen molar-refractivity contribution in [1.82, 2.24) is 24.5 Å². The third kappa shape index (κ3) is 3.86. The molecule has 150 valence electrons. The van der Waals surface area contributed by atoms with E-state index >= 15 is 0 Å². The van der Waals surface area contributed by atoms with E-state index in [1.165, 1.54) is 39.1 Å². The van der Waals surface area contributed by atoms with Crippen LogP contribution in [-0.4, -0.2) is 25.3 Å². The highest BCUT2D eigenvalue weighted by molar-refractivity contribution is 7.97. The first-order chi connectivity index (χ1) is 13.9. The Morgan fingerprint density at radius 3 is 2.62 bits per heavy atom. The number of aromatic nitrogens is 4. The molecule has 1 saturated carbocycles. The Labute approximate surface area is 182 Å². The maximum Gasteiger partial charge on any atom is 0.216 e. The molecule has 29 heavy (non-hydrogen) atoms. The summed E-state index contributed by atoms with van der Waals surface area (Å²) >= 11 is 5.14. The van der Waals surface area contributed by atoms with E-state index in [-0.39, 0.29) is 0 Å². The lowest BCUT2D eigenvalue weighted by Crippen LogP contribution is -2.19. The molecule has 3 aromatic heterocycles. The molecular formula is C21H23N5S3. The molecule has 0 spiro atoms. The zero-order chi connectivity index (χ0) is 20.2. The molecule has 0 unspecified atom stereocenters. The Morgan fingerprint density at radius 2 is 1.97 bits per heavy atom. The SMILES string of the molecule is Cc1nnc(-n2cc(Cc3sc(C)nc3C)c3ccc(SNC4(C)CC4)cc32)s1. The van der Waals surface area contributed by atoms with Crippen LogP contribution in [0.1, 0.15) is 45.9 Å². The first-order valence-corrected chi connectivity index (χ1v) is 12.2. The van der Waals surface area contributed by atoms with Crippen molar-refractivity contribution in [2.45, 2.75) is 57.4 Å². The molecule has 8 heteroatoms. The predicted molar refractivity (Wildman–Crippen MR) is 123 cm³/mol. The van der Waals surface area contributed by atoms with Gasteiger partial charge in [-0.05, 0) is 70.2 Å². The fraction of sp³-hybridized carbons (Fsp3) is 0.381. The lowest BCUT2D eigenvalue weighted by Gasteiger charge is -2.10. The topological polar surface area (TPSA) is 55.6 Å². The molecule has 0 saturated heterocycles. The summed E-state index contributed by atoms with van der Waals surface area (Å²) in [4.78, 5) is 7.16. The highest BCUT2D eigenvalue weighted by Crippen LogP contribution is 2.38. The number of aryl methyl sites for hydroxylation is 3. The third-order valence-corrected chi connectivity index (χ3v) is 8.34. The van der Waals surface area contributed by atoms with Crippen LogP contribution < -0.4 is 4.72 Å². The fourth-order valence-corrected chi connectivity index (χ4v) is 5.92. The maximum absolute atomic E-state index is 4.60. The van der Waals surface area contributed by atoms with Crippen LogP contribution >= 0.6 is 34.6 Å². The average molecular weight is 442 g/mol. The molecule has 4 aromatic rings. The van der Waals surface area contributed by atoms with Gasteiger partial charge in [0.05, 0.1) is 16.2 Å². The molecule has 1 aliphatic carbocycles. The quantitative estimate of drug-likeness (QED) is 0.395. The summed E-state index contributed by atoms with van der Waals surface area (Å²) in [6.45, 7) is 8.46. The molecule has 1 fully saturated rings. The van der Waals surface area contributed by atoms with E-state index in [9.17, 15) is 0 Å². The van der Waals surface area contributed by atoms with Gasteiger partial charge >= 0.3 is 0 Å². The molecular weight excluding hydrogens is 418 g/mol. The highest BCUT2D eigenvalue weighted by atomic mass is 32.2. The van der Waals surface area contributed by atoms with Gasteiger partial charge in [0.2, 0.25) is 5.13 Å². The minimum absolute atomic E-state index is 0.296. The number of benzene rings is 1. The van der Waals surface area contributed by atoms with Gasteiger partial charge < -0.3 is 0 Å². The maximum atomic E-state index is 4.60. The molecule has 1 aliphatic rings. The highest BCUT2D eigenvalue weighted by Gasteiger charge is 2.37. The van der Waals surface area contributed by atoms with Crippen LogP contribution in [0.2, 0.25) is 0 Å². The largest absolute Gasteiger partial charge is 0.291 e. The monoisotopic (exact) mass is 441 g/mol. The van der Waals surface area contributed by atoms with E-state index in [1.807, 2.05) is 6.92 Å². The number of nitrogens with zero attached hydrogens (tertiary/aromatic N) is 4. The van der Waals surface area contributed by atoms with Crippen molar-refractivity contribution in [3.63, 3.8) is 0 Å². The van der Waals surface area contributed by atoms with Crippen LogP contribution in [0.25, 0.3) is 16.0 Å². The Balaban J connectivity index is 1.56. The number of thiazole rings is 1. The molecule has 0 radical (unpaired) electrons. The van der Waals surface area contributed by atoms with Gasteiger partial charge in [0.1, 0.15) is 5.01 Å². The normalized spacial score (nSPS) is 15.3. The minimum Gasteiger partial charge on any atom is -0.291 e. The summed E-state index contributed by atoms with van der Waals surface area (Å²) in [5.41, 5.74) is 3.92. The van der Waals surface area contributed by atoms with E-state index in [2.05, 4.69) is 69.6 Å². The van der Waals surface area contributed by atoms with Crippen LogP contribution in [0.5, 0.6) is 0 Å². The zero-order valence-electron chi connectivity index (χ0n) is 16.9. The molecule has 5 rings (SSSR count). The van der Waals surface area contributed by atoms with E-state index in [1.54, 1.807) is 34.6 Å². The molecule has 1 N–H and O–H groups in total. The van der Waals surface area contributed by atoms with Gasteiger partial charge in [-0.15, -0.1) is 21.5 Å². The van der Waals surface area contributed by atoms with Gasteiger partial charge in [0.25, 0.3) is 0 Å². The van der Waals surface area contributed by atoms with E-state index < -0.39 is 0 Å². The summed E-state index contributed by atoms with van der Waals surface area (Å²) in [7, 11) is 0. The third-order valence-electron chi connectivity index (χ3n) is 5.35. The van der Waals surface area contributed by atoms with Crippen LogP contribution in [0.15, 0.2) is 29.3 Å². The molecule has 0 bridgehead atoms. The van der Waals surface area contributed by atoms with Crippen molar-refractivity contribution in [2.75, 3.05) is 0 Å². The molecule has 1 aromatic carbocycles. The van der Waals surface area contributed by atoms with E-state index in [0.29, 0.717) is 5.54 Å². The van der Waals surface area contributed by atoms with Gasteiger partial charge in [-0.1, -0.05) is 17.4 Å². The first-order valence-electron chi connectivity index (χ1n) is 9.72. The summed E-state index contributed by atoms with van der Waals surface area (Å²) in [5.74, 6) is 0. The van der Waals surface area contributed by atoms with Crippen molar-refractivity contribution >= 4 is 45.5 Å². The predicted octanol–water partition coefficient (Wildman–Crippen LogP) is 5.60. The second kappa shape index (κ2) is 7.19. The minimum atomic E-state index is 0.296. The van der Waals surface area contributed by atoms with Crippen LogP contribution in [0, 0.1) is 20.8 Å².